The van der Waals surface area contributed by atoms with Gasteiger partial charge in [-0.1, -0.05) is 36.4 Å². The molecule has 0 spiro atoms. The number of imide groups is 1. The molecule has 126 valence electrons. The number of rotatable bonds is 4. The molecule has 1 heterocycles. The third-order valence-corrected chi connectivity index (χ3v) is 5.31. The monoisotopic (exact) mass is 465 g/mol. The van der Waals surface area contributed by atoms with E-state index in [9.17, 15) is 19.5 Å². The van der Waals surface area contributed by atoms with Gasteiger partial charge in [-0.3, -0.25) is 19.3 Å². The van der Waals surface area contributed by atoms with Crippen molar-refractivity contribution in [3.63, 3.8) is 0 Å². The second-order valence-corrected chi connectivity index (χ2v) is 7.42. The first-order chi connectivity index (χ1) is 12.0. The van der Waals surface area contributed by atoms with Crippen molar-refractivity contribution >= 4 is 57.4 Å². The van der Waals surface area contributed by atoms with E-state index in [0.717, 1.165) is 16.7 Å². The van der Waals surface area contributed by atoms with Gasteiger partial charge < -0.3 is 5.11 Å². The zero-order chi connectivity index (χ0) is 18.0. The molecule has 2 aromatic rings. The van der Waals surface area contributed by atoms with E-state index in [-0.39, 0.29) is 23.0 Å². The van der Waals surface area contributed by atoms with Crippen LogP contribution in [0, 0.1) is 3.57 Å². The Morgan fingerprint density at radius 2 is 1.88 bits per heavy atom. The Bertz CT molecular complexity index is 895. The van der Waals surface area contributed by atoms with Gasteiger partial charge in [0.1, 0.15) is 5.75 Å². The van der Waals surface area contributed by atoms with Crippen molar-refractivity contribution in [2.75, 3.05) is 6.54 Å². The van der Waals surface area contributed by atoms with Crippen LogP contribution in [0.2, 0.25) is 0 Å². The van der Waals surface area contributed by atoms with Crippen LogP contribution in [0.3, 0.4) is 0 Å². The van der Waals surface area contributed by atoms with Crippen LogP contribution in [-0.4, -0.2) is 33.5 Å². The Labute approximate surface area is 161 Å². The molecule has 0 saturated carbocycles. The average molecular weight is 465 g/mol. The Balaban J connectivity index is 1.79. The van der Waals surface area contributed by atoms with Crippen LogP contribution in [0.4, 0.5) is 4.79 Å². The molecule has 5 nitrogen and oxygen atoms in total. The molecule has 1 fully saturated rings. The first kappa shape index (κ1) is 17.7. The van der Waals surface area contributed by atoms with Crippen LogP contribution in [0.5, 0.6) is 5.75 Å². The summed E-state index contributed by atoms with van der Waals surface area (Å²) in [7, 11) is 0. The van der Waals surface area contributed by atoms with Gasteiger partial charge in [-0.15, -0.1) is 0 Å². The highest BCUT2D eigenvalue weighted by atomic mass is 127. The molecule has 0 radical (unpaired) electrons. The highest BCUT2D eigenvalue weighted by Gasteiger charge is 2.36. The van der Waals surface area contributed by atoms with Crippen molar-refractivity contribution in [1.82, 2.24) is 4.90 Å². The first-order valence-electron chi connectivity index (χ1n) is 7.28. The minimum absolute atomic E-state index is 0.152. The van der Waals surface area contributed by atoms with Crippen molar-refractivity contribution in [2.45, 2.75) is 0 Å². The number of nitrogens with zero attached hydrogens (tertiary/aromatic N) is 1. The molecule has 7 heteroatoms. The van der Waals surface area contributed by atoms with Gasteiger partial charge in [0.2, 0.25) is 0 Å². The third-order valence-electron chi connectivity index (χ3n) is 3.54. The fraction of sp³-hybridized carbons (Fsp3) is 0.0556. The van der Waals surface area contributed by atoms with Gasteiger partial charge in [0.05, 0.1) is 15.0 Å². The van der Waals surface area contributed by atoms with E-state index < -0.39 is 11.1 Å². The Hall–Kier alpha value is -2.13. The molecule has 2 aromatic carbocycles. The van der Waals surface area contributed by atoms with Gasteiger partial charge in [-0.25, -0.2) is 0 Å². The van der Waals surface area contributed by atoms with Crippen molar-refractivity contribution < 1.29 is 19.5 Å². The maximum absolute atomic E-state index is 12.5. The lowest BCUT2D eigenvalue weighted by molar-refractivity contribution is -0.122. The zero-order valence-electron chi connectivity index (χ0n) is 12.8. The summed E-state index contributed by atoms with van der Waals surface area (Å²) in [5.41, 5.74) is 1.15. The van der Waals surface area contributed by atoms with E-state index in [1.54, 1.807) is 48.5 Å². The van der Waals surface area contributed by atoms with Crippen LogP contribution < -0.4 is 0 Å². The number of halogens is 1. The summed E-state index contributed by atoms with van der Waals surface area (Å²) in [5.74, 6) is -0.620. The number of hydrogen-bond acceptors (Lipinski definition) is 5. The molecule has 1 saturated heterocycles. The van der Waals surface area contributed by atoms with Crippen molar-refractivity contribution in [3.8, 4) is 5.75 Å². The average Bonchev–Trinajstić information content (AvgIpc) is 2.86. The third kappa shape index (κ3) is 3.93. The number of phenols is 1. The van der Waals surface area contributed by atoms with E-state index in [4.69, 9.17) is 0 Å². The summed E-state index contributed by atoms with van der Waals surface area (Å²) in [6.07, 6.45) is 1.58. The standard InChI is InChI=1S/C18H12INO4S/c19-13-8-11(6-7-14(13)21)9-16-17(23)20(18(24)25-16)10-15(22)12-4-2-1-3-5-12/h1-9,21H,10H2/b16-9-. The number of amides is 2. The summed E-state index contributed by atoms with van der Waals surface area (Å²) in [6.45, 7) is -0.279. The second kappa shape index (κ2) is 7.40. The normalized spacial score (nSPS) is 15.9. The molecule has 25 heavy (non-hydrogen) atoms. The number of ketones is 1. The van der Waals surface area contributed by atoms with Gasteiger partial charge in [-0.05, 0) is 58.1 Å². The van der Waals surface area contributed by atoms with E-state index in [0.29, 0.717) is 14.7 Å². The van der Waals surface area contributed by atoms with Crippen LogP contribution in [0.25, 0.3) is 6.08 Å². The zero-order valence-corrected chi connectivity index (χ0v) is 15.8. The smallest absolute Gasteiger partial charge is 0.293 e. The fourth-order valence-electron chi connectivity index (χ4n) is 2.26. The molecule has 0 bridgehead atoms. The molecule has 1 N–H and O–H groups in total. The lowest BCUT2D eigenvalue weighted by atomic mass is 10.1. The lowest BCUT2D eigenvalue weighted by Crippen LogP contribution is -2.33. The second-order valence-electron chi connectivity index (χ2n) is 5.27. The highest BCUT2D eigenvalue weighted by molar-refractivity contribution is 14.1. The maximum Gasteiger partial charge on any atom is 0.293 e. The quantitative estimate of drug-likeness (QED) is 0.421. The number of phenolic OH excluding ortho intramolecular Hbond substituents is 1. The van der Waals surface area contributed by atoms with Crippen molar-refractivity contribution in [1.29, 1.82) is 0 Å². The van der Waals surface area contributed by atoms with Gasteiger partial charge in [0.15, 0.2) is 5.78 Å². The minimum atomic E-state index is -0.484. The molecule has 0 aliphatic carbocycles. The maximum atomic E-state index is 12.5. The molecule has 2 amide bonds. The number of hydrogen-bond donors (Lipinski definition) is 1. The molecule has 1 aliphatic rings. The predicted octanol–water partition coefficient (Wildman–Crippen LogP) is 3.92. The molecule has 0 unspecified atom stereocenters. The summed E-state index contributed by atoms with van der Waals surface area (Å²) in [5, 5.41) is 9.08. The molecule has 0 atom stereocenters. The summed E-state index contributed by atoms with van der Waals surface area (Å²) in [4.78, 5) is 38.0. The van der Waals surface area contributed by atoms with E-state index in [2.05, 4.69) is 0 Å². The number of aromatic hydroxyl groups is 1. The van der Waals surface area contributed by atoms with Crippen LogP contribution >= 0.6 is 34.4 Å². The van der Waals surface area contributed by atoms with E-state index in [1.165, 1.54) is 6.07 Å². The number of carbonyl (C=O) groups is 3. The molecule has 0 aromatic heterocycles. The highest BCUT2D eigenvalue weighted by Crippen LogP contribution is 2.33. The SMILES string of the molecule is O=C(CN1C(=O)S/C(=C\c2ccc(O)c(I)c2)C1=O)c1ccccc1. The first-order valence-corrected chi connectivity index (χ1v) is 9.17. The van der Waals surface area contributed by atoms with Crippen molar-refractivity contribution in [3.05, 3.63) is 68.1 Å². The number of Topliss-reactive ketones (excluding diaryl/α,β-unsaturated/α-hetero) is 1. The number of carbonyl (C=O) groups excluding carboxylic acids is 3. The Morgan fingerprint density at radius 3 is 2.56 bits per heavy atom. The van der Waals surface area contributed by atoms with Gasteiger partial charge in [0, 0.05) is 5.56 Å². The van der Waals surface area contributed by atoms with E-state index in [1.807, 2.05) is 22.6 Å². The molecular weight excluding hydrogens is 453 g/mol. The van der Waals surface area contributed by atoms with Gasteiger partial charge in [0.25, 0.3) is 11.1 Å². The predicted molar refractivity (Wildman–Crippen MR) is 104 cm³/mol. The Kier molecular flexibility index (Phi) is 5.24. The molecule has 1 aliphatic heterocycles. The van der Waals surface area contributed by atoms with Crippen LogP contribution in [0.1, 0.15) is 15.9 Å². The van der Waals surface area contributed by atoms with Gasteiger partial charge >= 0.3 is 0 Å². The lowest BCUT2D eigenvalue weighted by Gasteiger charge is -2.11. The summed E-state index contributed by atoms with van der Waals surface area (Å²) >= 11 is 2.78. The van der Waals surface area contributed by atoms with Gasteiger partial charge in [-0.2, -0.15) is 0 Å². The summed E-state index contributed by atoms with van der Waals surface area (Å²) in [6, 6.07) is 13.4. The number of thioether (sulfide) groups is 1. The topological polar surface area (TPSA) is 74.7 Å². The molecular formula is C18H12INO4S. The Morgan fingerprint density at radius 1 is 1.16 bits per heavy atom. The summed E-state index contributed by atoms with van der Waals surface area (Å²) < 4.78 is 0.643. The molecule has 3 rings (SSSR count). The van der Waals surface area contributed by atoms with Crippen molar-refractivity contribution in [2.24, 2.45) is 0 Å². The largest absolute Gasteiger partial charge is 0.507 e. The van der Waals surface area contributed by atoms with Crippen LogP contribution in [-0.2, 0) is 4.79 Å². The minimum Gasteiger partial charge on any atom is -0.507 e. The number of benzene rings is 2. The van der Waals surface area contributed by atoms with Crippen LogP contribution in [0.15, 0.2) is 53.4 Å². The van der Waals surface area contributed by atoms with E-state index >= 15 is 0 Å². The fourth-order valence-corrected chi connectivity index (χ4v) is 3.64.